The van der Waals surface area contributed by atoms with E-state index in [1.165, 1.54) is 18.2 Å². The summed E-state index contributed by atoms with van der Waals surface area (Å²) in [6.45, 7) is 0.184. The summed E-state index contributed by atoms with van der Waals surface area (Å²) in [5, 5.41) is 9.06. The molecular formula is C8H6O4. The fourth-order valence-electron chi connectivity index (χ4n) is 0.750. The zero-order chi connectivity index (χ0) is 8.97. The van der Waals surface area contributed by atoms with E-state index < -0.39 is 0 Å². The lowest BCUT2D eigenvalue weighted by molar-refractivity contribution is -0.120. The van der Waals surface area contributed by atoms with E-state index in [9.17, 15) is 9.59 Å². The molecule has 0 aliphatic carbocycles. The van der Waals surface area contributed by atoms with Gasteiger partial charge in [-0.05, 0) is 18.2 Å². The minimum absolute atomic E-state index is 0.0189. The van der Waals surface area contributed by atoms with Gasteiger partial charge in [0.2, 0.25) is 0 Å². The molecule has 0 spiro atoms. The zero-order valence-electron chi connectivity index (χ0n) is 6.06. The second-order valence-electron chi connectivity index (χ2n) is 2.06. The van der Waals surface area contributed by atoms with Crippen LogP contribution < -0.4 is 4.74 Å². The summed E-state index contributed by atoms with van der Waals surface area (Å²) >= 11 is 0. The van der Waals surface area contributed by atoms with Gasteiger partial charge in [-0.2, -0.15) is 0 Å². The Kier molecular flexibility index (Phi) is 2.42. The van der Waals surface area contributed by atoms with E-state index in [0.29, 0.717) is 11.8 Å². The predicted molar refractivity (Wildman–Crippen MR) is 40.2 cm³/mol. The van der Waals surface area contributed by atoms with E-state index in [1.54, 1.807) is 0 Å². The molecule has 0 bridgehead atoms. The first-order chi connectivity index (χ1) is 5.77. The van der Waals surface area contributed by atoms with E-state index >= 15 is 0 Å². The Morgan fingerprint density at radius 3 is 2.67 bits per heavy atom. The third-order valence-corrected chi connectivity index (χ3v) is 1.30. The lowest BCUT2D eigenvalue weighted by Gasteiger charge is -2.00. The van der Waals surface area contributed by atoms with Gasteiger partial charge in [0.15, 0.2) is 11.5 Å². The first-order valence-corrected chi connectivity index (χ1v) is 3.16. The van der Waals surface area contributed by atoms with Crippen molar-refractivity contribution in [3.05, 3.63) is 23.8 Å². The molecule has 62 valence electrons. The van der Waals surface area contributed by atoms with E-state index in [1.807, 2.05) is 0 Å². The lowest BCUT2D eigenvalue weighted by Crippen LogP contribution is -1.90. The van der Waals surface area contributed by atoms with Crippen LogP contribution in [0, 0.1) is 0 Å². The number of rotatable bonds is 3. The van der Waals surface area contributed by atoms with Crippen molar-refractivity contribution in [3.63, 3.8) is 0 Å². The summed E-state index contributed by atoms with van der Waals surface area (Å²) in [6, 6.07) is 3.97. The van der Waals surface area contributed by atoms with Crippen molar-refractivity contribution in [2.75, 3.05) is 0 Å². The summed E-state index contributed by atoms with van der Waals surface area (Å²) in [7, 11) is 0. The molecule has 4 heteroatoms. The normalized spacial score (nSPS) is 9.00. The van der Waals surface area contributed by atoms with Crippen LogP contribution in [0.15, 0.2) is 18.2 Å². The Balaban J connectivity index is 3.06. The number of phenols is 1. The van der Waals surface area contributed by atoms with Gasteiger partial charge < -0.3 is 9.84 Å². The highest BCUT2D eigenvalue weighted by molar-refractivity contribution is 5.76. The fourth-order valence-corrected chi connectivity index (χ4v) is 0.750. The van der Waals surface area contributed by atoms with Gasteiger partial charge in [0.25, 0.3) is 6.47 Å². The highest BCUT2D eigenvalue weighted by Gasteiger charge is 2.02. The van der Waals surface area contributed by atoms with E-state index in [2.05, 4.69) is 4.74 Å². The van der Waals surface area contributed by atoms with Crippen LogP contribution in [-0.4, -0.2) is 17.9 Å². The molecule has 4 nitrogen and oxygen atoms in total. The van der Waals surface area contributed by atoms with Gasteiger partial charge in [-0.15, -0.1) is 0 Å². The van der Waals surface area contributed by atoms with Crippen LogP contribution in [0.1, 0.15) is 10.4 Å². The van der Waals surface area contributed by atoms with Crippen molar-refractivity contribution in [3.8, 4) is 11.5 Å². The second-order valence-corrected chi connectivity index (χ2v) is 2.06. The highest BCUT2D eigenvalue weighted by Crippen LogP contribution is 2.25. The maximum Gasteiger partial charge on any atom is 0.298 e. The van der Waals surface area contributed by atoms with Crippen LogP contribution in [0.3, 0.4) is 0 Å². The SMILES string of the molecule is O=COc1cc(C=O)ccc1O. The fraction of sp³-hybridized carbons (Fsp3) is 0. The van der Waals surface area contributed by atoms with Crippen LogP contribution in [0.5, 0.6) is 11.5 Å². The van der Waals surface area contributed by atoms with Gasteiger partial charge in [0.1, 0.15) is 6.29 Å². The molecule has 0 heterocycles. The Morgan fingerprint density at radius 1 is 1.33 bits per heavy atom. The molecule has 0 aliphatic heterocycles. The first-order valence-electron chi connectivity index (χ1n) is 3.16. The number of carbonyl (C=O) groups is 2. The molecule has 0 unspecified atom stereocenters. The summed E-state index contributed by atoms with van der Waals surface area (Å²) in [4.78, 5) is 20.2. The summed E-state index contributed by atoms with van der Waals surface area (Å²) in [5.74, 6) is -0.192. The number of benzene rings is 1. The maximum atomic E-state index is 10.2. The Morgan fingerprint density at radius 2 is 2.08 bits per heavy atom. The van der Waals surface area contributed by atoms with Crippen LogP contribution in [0.2, 0.25) is 0 Å². The number of aldehydes is 1. The quantitative estimate of drug-likeness (QED) is 0.672. The largest absolute Gasteiger partial charge is 0.504 e. The standard InChI is InChI=1S/C8H6O4/c9-4-6-1-2-7(11)8(3-6)12-5-10/h1-5,11H. The molecule has 0 radical (unpaired) electrons. The van der Waals surface area contributed by atoms with E-state index in [4.69, 9.17) is 5.11 Å². The molecule has 0 atom stereocenters. The molecule has 0 fully saturated rings. The monoisotopic (exact) mass is 166 g/mol. The minimum Gasteiger partial charge on any atom is -0.504 e. The zero-order valence-corrected chi connectivity index (χ0v) is 6.06. The van der Waals surface area contributed by atoms with E-state index in [0.717, 1.165) is 0 Å². The molecule has 1 aromatic rings. The topological polar surface area (TPSA) is 63.6 Å². The molecule has 0 amide bonds. The van der Waals surface area contributed by atoms with Crippen molar-refractivity contribution in [1.29, 1.82) is 0 Å². The van der Waals surface area contributed by atoms with Gasteiger partial charge in [-0.1, -0.05) is 0 Å². The predicted octanol–water partition coefficient (Wildman–Crippen LogP) is 0.740. The van der Waals surface area contributed by atoms with Crippen LogP contribution in [0.4, 0.5) is 0 Å². The minimum atomic E-state index is -0.173. The molecule has 0 aromatic heterocycles. The highest BCUT2D eigenvalue weighted by atomic mass is 16.5. The molecule has 1 aromatic carbocycles. The lowest BCUT2D eigenvalue weighted by atomic mass is 10.2. The smallest absolute Gasteiger partial charge is 0.298 e. The summed E-state index contributed by atoms with van der Waals surface area (Å²) in [6.07, 6.45) is 0.594. The average molecular weight is 166 g/mol. The van der Waals surface area contributed by atoms with Gasteiger partial charge in [0.05, 0.1) is 0 Å². The Hall–Kier alpha value is -1.84. The molecule has 0 saturated carbocycles. The third kappa shape index (κ3) is 1.60. The van der Waals surface area contributed by atoms with Crippen LogP contribution in [0.25, 0.3) is 0 Å². The Bertz CT molecular complexity index is 306. The Labute approximate surface area is 68.4 Å². The number of phenolic OH excluding ortho intramolecular Hbond substituents is 1. The molecule has 1 N–H and O–H groups in total. The number of hydrogen-bond donors (Lipinski definition) is 1. The second kappa shape index (κ2) is 3.52. The van der Waals surface area contributed by atoms with Gasteiger partial charge in [-0.25, -0.2) is 0 Å². The van der Waals surface area contributed by atoms with Crippen molar-refractivity contribution >= 4 is 12.8 Å². The number of ether oxygens (including phenoxy) is 1. The third-order valence-electron chi connectivity index (χ3n) is 1.30. The van der Waals surface area contributed by atoms with E-state index in [-0.39, 0.29) is 18.0 Å². The average Bonchev–Trinajstić information content (AvgIpc) is 2.09. The van der Waals surface area contributed by atoms with Crippen LogP contribution in [-0.2, 0) is 4.79 Å². The van der Waals surface area contributed by atoms with Crippen molar-refractivity contribution < 1.29 is 19.4 Å². The number of carbonyl (C=O) groups excluding carboxylic acids is 2. The molecule has 12 heavy (non-hydrogen) atoms. The summed E-state index contributed by atoms with van der Waals surface area (Å²) in [5.41, 5.74) is 0.338. The summed E-state index contributed by atoms with van der Waals surface area (Å²) < 4.78 is 4.39. The van der Waals surface area contributed by atoms with Gasteiger partial charge >= 0.3 is 0 Å². The molecule has 0 aliphatic rings. The van der Waals surface area contributed by atoms with Crippen molar-refractivity contribution in [2.24, 2.45) is 0 Å². The molecule has 0 saturated heterocycles. The molecular weight excluding hydrogens is 160 g/mol. The van der Waals surface area contributed by atoms with Crippen molar-refractivity contribution in [1.82, 2.24) is 0 Å². The van der Waals surface area contributed by atoms with Crippen LogP contribution >= 0.6 is 0 Å². The maximum absolute atomic E-state index is 10.2. The number of hydrogen-bond acceptors (Lipinski definition) is 4. The van der Waals surface area contributed by atoms with Gasteiger partial charge in [-0.3, -0.25) is 9.59 Å². The number of aromatic hydroxyl groups is 1. The van der Waals surface area contributed by atoms with Crippen molar-refractivity contribution in [2.45, 2.75) is 0 Å². The van der Waals surface area contributed by atoms with Gasteiger partial charge in [0, 0.05) is 5.56 Å². The molecule has 1 rings (SSSR count). The first kappa shape index (κ1) is 8.26.